The summed E-state index contributed by atoms with van der Waals surface area (Å²) < 4.78 is 5.68. The molecular formula is C17H23BrN2O3. The van der Waals surface area contributed by atoms with Gasteiger partial charge in [0.05, 0.1) is 19.6 Å². The third-order valence-corrected chi connectivity index (χ3v) is 4.65. The van der Waals surface area contributed by atoms with E-state index < -0.39 is 0 Å². The van der Waals surface area contributed by atoms with Crippen LogP contribution in [0.4, 0.5) is 0 Å². The Morgan fingerprint density at radius 2 is 2.26 bits per heavy atom. The first-order valence-electron chi connectivity index (χ1n) is 7.85. The molecule has 126 valence electrons. The second-order valence-electron chi connectivity index (χ2n) is 5.97. The Morgan fingerprint density at radius 3 is 2.91 bits per heavy atom. The number of hydrogen-bond acceptors (Lipinski definition) is 4. The molecule has 1 saturated heterocycles. The molecule has 23 heavy (non-hydrogen) atoms. The molecule has 0 spiro atoms. The lowest BCUT2D eigenvalue weighted by Crippen LogP contribution is -2.43. The van der Waals surface area contributed by atoms with Gasteiger partial charge in [0.25, 0.3) is 0 Å². The quantitative estimate of drug-likeness (QED) is 0.767. The minimum absolute atomic E-state index is 0.00669. The first-order chi connectivity index (χ1) is 11.0. The number of benzene rings is 1. The van der Waals surface area contributed by atoms with Gasteiger partial charge >= 0.3 is 5.97 Å². The first-order valence-corrected chi connectivity index (χ1v) is 8.65. The maximum Gasteiger partial charge on any atom is 0.307 e. The highest BCUT2D eigenvalue weighted by Gasteiger charge is 2.27. The second-order valence-corrected chi connectivity index (χ2v) is 6.89. The van der Waals surface area contributed by atoms with E-state index in [9.17, 15) is 9.59 Å². The molecule has 6 heteroatoms. The van der Waals surface area contributed by atoms with Crippen LogP contribution in [0.1, 0.15) is 37.8 Å². The van der Waals surface area contributed by atoms with E-state index in [4.69, 9.17) is 4.74 Å². The number of methoxy groups -OCH3 is 1. The van der Waals surface area contributed by atoms with Crippen LogP contribution in [0.3, 0.4) is 0 Å². The monoisotopic (exact) mass is 382 g/mol. The topological polar surface area (TPSA) is 67.4 Å². The zero-order chi connectivity index (χ0) is 16.8. The number of carbonyl (C=O) groups excluding carboxylic acids is 2. The van der Waals surface area contributed by atoms with Crippen molar-refractivity contribution in [3.63, 3.8) is 0 Å². The Morgan fingerprint density at radius 1 is 1.48 bits per heavy atom. The van der Waals surface area contributed by atoms with Crippen molar-refractivity contribution < 1.29 is 14.3 Å². The van der Waals surface area contributed by atoms with Gasteiger partial charge in [0.15, 0.2) is 0 Å². The van der Waals surface area contributed by atoms with Crippen LogP contribution in [0.25, 0.3) is 0 Å². The molecule has 1 aromatic carbocycles. The van der Waals surface area contributed by atoms with E-state index in [2.05, 4.69) is 33.5 Å². The van der Waals surface area contributed by atoms with Crippen molar-refractivity contribution in [2.45, 2.75) is 38.3 Å². The standard InChI is InChI=1S/C17H23BrN2O3/c1-11-8-13(6-7-19-11)17(22)20-15(10-16(21)23-2)12-4-3-5-14(18)9-12/h3-5,9,11,13,15,19H,6-8,10H2,1-2H3,(H,20,22)/t11-,13-,15?/m0/s1. The second kappa shape index (κ2) is 8.45. The van der Waals surface area contributed by atoms with Gasteiger partial charge in [0, 0.05) is 16.4 Å². The summed E-state index contributed by atoms with van der Waals surface area (Å²) >= 11 is 3.43. The summed E-state index contributed by atoms with van der Waals surface area (Å²) in [7, 11) is 1.36. The predicted octanol–water partition coefficient (Wildman–Crippen LogP) is 2.56. The van der Waals surface area contributed by atoms with Crippen LogP contribution in [0.2, 0.25) is 0 Å². The lowest BCUT2D eigenvalue weighted by molar-refractivity contribution is -0.141. The molecule has 2 rings (SSSR count). The molecule has 2 N–H and O–H groups in total. The summed E-state index contributed by atoms with van der Waals surface area (Å²) in [5.41, 5.74) is 0.889. The number of halogens is 1. The van der Waals surface area contributed by atoms with Gasteiger partial charge in [-0.3, -0.25) is 9.59 Å². The fourth-order valence-electron chi connectivity index (χ4n) is 2.89. The summed E-state index contributed by atoms with van der Waals surface area (Å²) in [5, 5.41) is 6.37. The van der Waals surface area contributed by atoms with Crippen molar-refractivity contribution in [1.82, 2.24) is 10.6 Å². The van der Waals surface area contributed by atoms with Crippen LogP contribution >= 0.6 is 15.9 Å². The van der Waals surface area contributed by atoms with Crippen LogP contribution in [0.5, 0.6) is 0 Å². The molecule has 1 fully saturated rings. The molecule has 1 unspecified atom stereocenters. The molecule has 0 radical (unpaired) electrons. The number of nitrogens with one attached hydrogen (secondary N) is 2. The zero-order valence-electron chi connectivity index (χ0n) is 13.5. The third-order valence-electron chi connectivity index (χ3n) is 4.16. The molecule has 1 aromatic rings. The highest BCUT2D eigenvalue weighted by molar-refractivity contribution is 9.10. The Kier molecular flexibility index (Phi) is 6.59. The van der Waals surface area contributed by atoms with E-state index >= 15 is 0 Å². The van der Waals surface area contributed by atoms with Gasteiger partial charge in [0.1, 0.15) is 0 Å². The number of esters is 1. The van der Waals surface area contributed by atoms with E-state index in [1.54, 1.807) is 0 Å². The number of ether oxygens (including phenoxy) is 1. The van der Waals surface area contributed by atoms with Crippen LogP contribution in [-0.2, 0) is 14.3 Å². The van der Waals surface area contributed by atoms with Crippen LogP contribution in [-0.4, -0.2) is 31.6 Å². The van der Waals surface area contributed by atoms with Crippen LogP contribution < -0.4 is 10.6 Å². The molecule has 1 aliphatic rings. The average molecular weight is 383 g/mol. The van der Waals surface area contributed by atoms with Crippen LogP contribution in [0.15, 0.2) is 28.7 Å². The molecule has 0 bridgehead atoms. The molecule has 5 nitrogen and oxygen atoms in total. The fourth-order valence-corrected chi connectivity index (χ4v) is 3.30. The van der Waals surface area contributed by atoms with Gasteiger partial charge in [-0.1, -0.05) is 28.1 Å². The SMILES string of the molecule is COC(=O)CC(NC(=O)[C@H]1CCN[C@@H](C)C1)c1cccc(Br)c1. The van der Waals surface area contributed by atoms with E-state index in [0.29, 0.717) is 6.04 Å². The van der Waals surface area contributed by atoms with Crippen molar-refractivity contribution in [2.75, 3.05) is 13.7 Å². The number of piperidine rings is 1. The summed E-state index contributed by atoms with van der Waals surface area (Å²) in [4.78, 5) is 24.3. The summed E-state index contributed by atoms with van der Waals surface area (Å²) in [6.07, 6.45) is 1.76. The zero-order valence-corrected chi connectivity index (χ0v) is 15.1. The Bertz CT molecular complexity index is 565. The molecule has 0 aliphatic carbocycles. The maximum atomic E-state index is 12.6. The van der Waals surface area contributed by atoms with E-state index in [1.165, 1.54) is 7.11 Å². The highest BCUT2D eigenvalue weighted by atomic mass is 79.9. The minimum atomic E-state index is -0.377. The highest BCUT2D eigenvalue weighted by Crippen LogP contribution is 2.23. The van der Waals surface area contributed by atoms with Gasteiger partial charge in [-0.05, 0) is 44.0 Å². The molecule has 0 aromatic heterocycles. The van der Waals surface area contributed by atoms with Gasteiger partial charge in [-0.2, -0.15) is 0 Å². The Labute approximate surface area is 145 Å². The Hall–Kier alpha value is -1.40. The van der Waals surface area contributed by atoms with Crippen molar-refractivity contribution in [1.29, 1.82) is 0 Å². The summed E-state index contributed by atoms with van der Waals surface area (Å²) in [6.45, 7) is 2.93. The lowest BCUT2D eigenvalue weighted by atomic mass is 9.91. The predicted molar refractivity (Wildman–Crippen MR) is 91.8 cm³/mol. The van der Waals surface area contributed by atoms with Gasteiger partial charge in [0.2, 0.25) is 5.91 Å². The van der Waals surface area contributed by atoms with E-state index in [1.807, 2.05) is 24.3 Å². The molecule has 0 saturated carbocycles. The summed E-state index contributed by atoms with van der Waals surface area (Å²) in [5.74, 6) is -0.347. The first kappa shape index (κ1) is 17.9. The minimum Gasteiger partial charge on any atom is -0.469 e. The molecule has 1 aliphatic heterocycles. The molecular weight excluding hydrogens is 360 g/mol. The van der Waals surface area contributed by atoms with Gasteiger partial charge in [-0.15, -0.1) is 0 Å². The number of carbonyl (C=O) groups is 2. The van der Waals surface area contributed by atoms with E-state index in [0.717, 1.165) is 29.4 Å². The van der Waals surface area contributed by atoms with Gasteiger partial charge in [-0.25, -0.2) is 0 Å². The fraction of sp³-hybridized carbons (Fsp3) is 0.529. The van der Waals surface area contributed by atoms with Crippen LogP contribution in [0, 0.1) is 5.92 Å². The van der Waals surface area contributed by atoms with E-state index in [-0.39, 0.29) is 30.3 Å². The van der Waals surface area contributed by atoms with Crippen molar-refractivity contribution in [2.24, 2.45) is 5.92 Å². The van der Waals surface area contributed by atoms with Crippen molar-refractivity contribution >= 4 is 27.8 Å². The molecule has 3 atom stereocenters. The molecule has 1 amide bonds. The number of amides is 1. The van der Waals surface area contributed by atoms with Crippen molar-refractivity contribution in [3.8, 4) is 0 Å². The third kappa shape index (κ3) is 5.32. The number of hydrogen-bond donors (Lipinski definition) is 2. The number of rotatable bonds is 5. The molecule has 1 heterocycles. The normalized spacial score (nSPS) is 22.2. The average Bonchev–Trinajstić information content (AvgIpc) is 2.54. The smallest absolute Gasteiger partial charge is 0.307 e. The largest absolute Gasteiger partial charge is 0.469 e. The maximum absolute atomic E-state index is 12.6. The Balaban J connectivity index is 2.10. The van der Waals surface area contributed by atoms with Gasteiger partial charge < -0.3 is 15.4 Å². The lowest BCUT2D eigenvalue weighted by Gasteiger charge is -2.29. The van der Waals surface area contributed by atoms with Crippen molar-refractivity contribution in [3.05, 3.63) is 34.3 Å². The summed E-state index contributed by atoms with van der Waals surface area (Å²) in [6, 6.07) is 7.59.